The van der Waals surface area contributed by atoms with E-state index < -0.39 is 5.60 Å². The van der Waals surface area contributed by atoms with Crippen molar-refractivity contribution >= 4 is 6.03 Å². The molecular formula is C15H31N3O2. The van der Waals surface area contributed by atoms with Crippen molar-refractivity contribution in [2.45, 2.75) is 65.1 Å². The average Bonchev–Trinajstić information content (AvgIpc) is 3.15. The highest BCUT2D eigenvalue weighted by molar-refractivity contribution is 5.73. The average molecular weight is 285 g/mol. The van der Waals surface area contributed by atoms with Gasteiger partial charge in [0, 0.05) is 31.7 Å². The number of nitrogens with zero attached hydrogens (tertiary/aromatic N) is 1. The van der Waals surface area contributed by atoms with Gasteiger partial charge in [-0.3, -0.25) is 4.90 Å². The van der Waals surface area contributed by atoms with Crippen molar-refractivity contribution in [3.8, 4) is 0 Å². The Balaban J connectivity index is 2.19. The van der Waals surface area contributed by atoms with Gasteiger partial charge >= 0.3 is 6.03 Å². The van der Waals surface area contributed by atoms with E-state index in [2.05, 4.69) is 29.4 Å². The molecule has 1 aliphatic rings. The molecule has 0 aromatic carbocycles. The van der Waals surface area contributed by atoms with Crippen molar-refractivity contribution in [3.05, 3.63) is 0 Å². The zero-order valence-electron chi connectivity index (χ0n) is 13.6. The second kappa shape index (κ2) is 7.27. The zero-order valence-corrected chi connectivity index (χ0v) is 13.6. The number of amides is 2. The van der Waals surface area contributed by atoms with Gasteiger partial charge in [0.15, 0.2) is 0 Å². The summed E-state index contributed by atoms with van der Waals surface area (Å²) in [6.07, 6.45) is 2.56. The van der Waals surface area contributed by atoms with Gasteiger partial charge in [-0.05, 0) is 39.5 Å². The van der Waals surface area contributed by atoms with E-state index in [0.29, 0.717) is 18.6 Å². The van der Waals surface area contributed by atoms with Crippen molar-refractivity contribution in [2.75, 3.05) is 19.6 Å². The van der Waals surface area contributed by atoms with Gasteiger partial charge in [0.2, 0.25) is 0 Å². The standard InChI is InChI=1S/C15H31N3O2/c1-11(2)15(5,20)10-17-14(19)16-8-9-18(12(3)4)13-6-7-13/h11-13,20H,6-10H2,1-5H3,(H2,16,17,19). The number of hydrogen-bond donors (Lipinski definition) is 3. The number of rotatable bonds is 8. The van der Waals surface area contributed by atoms with Gasteiger partial charge in [0.05, 0.1) is 5.60 Å². The third kappa shape index (κ3) is 5.67. The van der Waals surface area contributed by atoms with Crippen molar-refractivity contribution < 1.29 is 9.90 Å². The van der Waals surface area contributed by atoms with Crippen LogP contribution in [-0.2, 0) is 0 Å². The minimum absolute atomic E-state index is 0.106. The summed E-state index contributed by atoms with van der Waals surface area (Å²) in [5, 5.41) is 15.7. The molecule has 1 atom stereocenters. The van der Waals surface area contributed by atoms with Crippen LogP contribution in [0.3, 0.4) is 0 Å². The van der Waals surface area contributed by atoms with Crippen LogP contribution in [0.4, 0.5) is 4.79 Å². The van der Waals surface area contributed by atoms with E-state index in [4.69, 9.17) is 0 Å². The van der Waals surface area contributed by atoms with E-state index in [1.165, 1.54) is 12.8 Å². The molecule has 1 aliphatic carbocycles. The Morgan fingerprint density at radius 1 is 1.30 bits per heavy atom. The van der Waals surface area contributed by atoms with Gasteiger partial charge in [-0.25, -0.2) is 4.79 Å². The van der Waals surface area contributed by atoms with E-state index in [9.17, 15) is 9.90 Å². The van der Waals surface area contributed by atoms with E-state index in [1.807, 2.05) is 13.8 Å². The van der Waals surface area contributed by atoms with Gasteiger partial charge in [0.25, 0.3) is 0 Å². The Labute approximate surface area is 123 Å². The van der Waals surface area contributed by atoms with Crippen molar-refractivity contribution in [3.63, 3.8) is 0 Å². The lowest BCUT2D eigenvalue weighted by atomic mass is 9.93. The van der Waals surface area contributed by atoms with Crippen LogP contribution >= 0.6 is 0 Å². The molecule has 5 heteroatoms. The predicted molar refractivity (Wildman–Crippen MR) is 81.7 cm³/mol. The van der Waals surface area contributed by atoms with Gasteiger partial charge in [-0.2, -0.15) is 0 Å². The van der Waals surface area contributed by atoms with Crippen LogP contribution in [0.25, 0.3) is 0 Å². The Bertz CT molecular complexity index is 310. The first-order chi connectivity index (χ1) is 9.24. The van der Waals surface area contributed by atoms with Crippen LogP contribution in [0.2, 0.25) is 0 Å². The molecule has 0 bridgehead atoms. The Morgan fingerprint density at radius 3 is 2.35 bits per heavy atom. The van der Waals surface area contributed by atoms with E-state index in [-0.39, 0.29) is 18.5 Å². The molecule has 0 radical (unpaired) electrons. The maximum Gasteiger partial charge on any atom is 0.314 e. The molecule has 118 valence electrons. The molecule has 5 nitrogen and oxygen atoms in total. The molecule has 1 fully saturated rings. The summed E-state index contributed by atoms with van der Waals surface area (Å²) >= 11 is 0. The number of carbonyl (C=O) groups is 1. The number of nitrogens with one attached hydrogen (secondary N) is 2. The highest BCUT2D eigenvalue weighted by Gasteiger charge is 2.30. The maximum atomic E-state index is 11.7. The highest BCUT2D eigenvalue weighted by atomic mass is 16.3. The molecule has 0 aromatic heterocycles. The largest absolute Gasteiger partial charge is 0.388 e. The fourth-order valence-corrected chi connectivity index (χ4v) is 2.09. The van der Waals surface area contributed by atoms with Crippen LogP contribution in [-0.4, -0.2) is 53.4 Å². The van der Waals surface area contributed by atoms with Crippen molar-refractivity contribution in [1.82, 2.24) is 15.5 Å². The van der Waals surface area contributed by atoms with Crippen LogP contribution in [0.5, 0.6) is 0 Å². The summed E-state index contributed by atoms with van der Waals surface area (Å²) in [5.41, 5.74) is -0.866. The summed E-state index contributed by atoms with van der Waals surface area (Å²) in [6.45, 7) is 11.8. The molecule has 1 rings (SSSR count). The molecular weight excluding hydrogens is 254 g/mol. The molecule has 1 unspecified atom stereocenters. The van der Waals surface area contributed by atoms with Gasteiger partial charge in [-0.15, -0.1) is 0 Å². The lowest BCUT2D eigenvalue weighted by molar-refractivity contribution is 0.0166. The summed E-state index contributed by atoms with van der Waals surface area (Å²) in [5.74, 6) is 0.106. The molecule has 0 spiro atoms. The Hall–Kier alpha value is -0.810. The predicted octanol–water partition coefficient (Wildman–Crippen LogP) is 1.57. The zero-order chi connectivity index (χ0) is 15.3. The molecule has 0 heterocycles. The fraction of sp³-hybridized carbons (Fsp3) is 0.933. The number of aliphatic hydroxyl groups is 1. The summed E-state index contributed by atoms with van der Waals surface area (Å²) in [7, 11) is 0. The molecule has 0 aliphatic heterocycles. The molecule has 0 aromatic rings. The molecule has 3 N–H and O–H groups in total. The number of hydrogen-bond acceptors (Lipinski definition) is 3. The molecule has 1 saturated carbocycles. The highest BCUT2D eigenvalue weighted by Crippen LogP contribution is 2.27. The quantitative estimate of drug-likeness (QED) is 0.634. The van der Waals surface area contributed by atoms with Crippen molar-refractivity contribution in [1.29, 1.82) is 0 Å². The first kappa shape index (κ1) is 17.2. The first-order valence-electron chi connectivity index (χ1n) is 7.74. The van der Waals surface area contributed by atoms with Crippen LogP contribution in [0.1, 0.15) is 47.5 Å². The van der Waals surface area contributed by atoms with Gasteiger partial charge in [0.1, 0.15) is 0 Å². The molecule has 0 saturated heterocycles. The van der Waals surface area contributed by atoms with Crippen LogP contribution in [0.15, 0.2) is 0 Å². The summed E-state index contributed by atoms with van der Waals surface area (Å²) in [4.78, 5) is 14.1. The maximum absolute atomic E-state index is 11.7. The smallest absolute Gasteiger partial charge is 0.314 e. The fourth-order valence-electron chi connectivity index (χ4n) is 2.09. The summed E-state index contributed by atoms with van der Waals surface area (Å²) in [6, 6.07) is 1.03. The third-order valence-corrected chi connectivity index (χ3v) is 4.19. The number of urea groups is 1. The lowest BCUT2D eigenvalue weighted by Crippen LogP contribution is -2.49. The minimum atomic E-state index is -0.866. The monoisotopic (exact) mass is 285 g/mol. The number of carbonyl (C=O) groups excluding carboxylic acids is 1. The topological polar surface area (TPSA) is 64.6 Å². The van der Waals surface area contributed by atoms with E-state index >= 15 is 0 Å². The Morgan fingerprint density at radius 2 is 1.90 bits per heavy atom. The van der Waals surface area contributed by atoms with Gasteiger partial charge in [-0.1, -0.05) is 13.8 Å². The van der Waals surface area contributed by atoms with Crippen molar-refractivity contribution in [2.24, 2.45) is 5.92 Å². The minimum Gasteiger partial charge on any atom is -0.388 e. The molecule has 2 amide bonds. The van der Waals surface area contributed by atoms with Crippen LogP contribution < -0.4 is 10.6 Å². The normalized spacial score (nSPS) is 18.4. The SMILES string of the molecule is CC(C)N(CCNC(=O)NCC(C)(O)C(C)C)C1CC1. The lowest BCUT2D eigenvalue weighted by Gasteiger charge is -2.28. The third-order valence-electron chi connectivity index (χ3n) is 4.19. The first-order valence-corrected chi connectivity index (χ1v) is 7.74. The van der Waals surface area contributed by atoms with Gasteiger partial charge < -0.3 is 15.7 Å². The van der Waals surface area contributed by atoms with E-state index in [0.717, 1.165) is 6.54 Å². The Kier molecular flexibility index (Phi) is 6.27. The second-order valence-corrected chi connectivity index (χ2v) is 6.68. The van der Waals surface area contributed by atoms with Crippen LogP contribution in [0, 0.1) is 5.92 Å². The van der Waals surface area contributed by atoms with E-state index in [1.54, 1.807) is 6.92 Å². The second-order valence-electron chi connectivity index (χ2n) is 6.68. The molecule has 20 heavy (non-hydrogen) atoms. The summed E-state index contributed by atoms with van der Waals surface area (Å²) < 4.78 is 0.